The van der Waals surface area contributed by atoms with Gasteiger partial charge in [0.15, 0.2) is 0 Å². The van der Waals surface area contributed by atoms with Gasteiger partial charge in [0.1, 0.15) is 19.0 Å². The van der Waals surface area contributed by atoms with Crippen molar-refractivity contribution >= 4 is 26.4 Å². The molecular formula is C34H49BN2NaO7. The first-order valence-electron chi connectivity index (χ1n) is 15.6. The topological polar surface area (TPSA) is 106 Å². The SMILES string of the molecule is C1CCOC1.CC1CC(=O)CCCN1C(=O)OCc1ccccc1.CC1CC(O)CCCN1C(=O)OCc1ccccc1.[B].[H-].[Na+]. The number of rotatable bonds is 4. The van der Waals surface area contributed by atoms with E-state index in [1.165, 1.54) is 12.8 Å². The van der Waals surface area contributed by atoms with Crippen LogP contribution in [0.25, 0.3) is 0 Å². The first kappa shape index (κ1) is 40.7. The maximum Gasteiger partial charge on any atom is 1.00 e. The average Bonchev–Trinajstić information content (AvgIpc) is 3.50. The van der Waals surface area contributed by atoms with E-state index >= 15 is 0 Å². The van der Waals surface area contributed by atoms with Crippen molar-refractivity contribution in [2.45, 2.75) is 96.6 Å². The summed E-state index contributed by atoms with van der Waals surface area (Å²) in [6.07, 6.45) is 5.56. The second kappa shape index (κ2) is 23.0. The fourth-order valence-corrected chi connectivity index (χ4v) is 5.22. The Kier molecular flexibility index (Phi) is 20.8. The number of aliphatic hydroxyl groups excluding tert-OH is 1. The van der Waals surface area contributed by atoms with E-state index in [2.05, 4.69) is 0 Å². The third-order valence-electron chi connectivity index (χ3n) is 7.70. The summed E-state index contributed by atoms with van der Waals surface area (Å²) < 4.78 is 15.6. The summed E-state index contributed by atoms with van der Waals surface area (Å²) in [5, 5.41) is 9.69. The Hall–Kier alpha value is -2.37. The predicted octanol–water partition coefficient (Wildman–Crippen LogP) is 2.86. The molecule has 5 rings (SSSR count). The Bertz CT molecular complexity index is 1110. The molecule has 0 aliphatic carbocycles. The van der Waals surface area contributed by atoms with Crippen LogP contribution in [-0.4, -0.2) is 85.8 Å². The number of Topliss-reactive ketones (excluding diaryl/α,β-unsaturated/α-hetero) is 1. The number of likely N-dealkylation sites (tertiary alicyclic amines) is 2. The quantitative estimate of drug-likeness (QED) is 0.518. The first-order valence-corrected chi connectivity index (χ1v) is 15.6. The first-order chi connectivity index (χ1) is 20.8. The van der Waals surface area contributed by atoms with E-state index in [1.54, 1.807) is 9.80 Å². The minimum Gasteiger partial charge on any atom is -1.00 e. The number of carbonyl (C=O) groups excluding carboxylic acids is 3. The van der Waals surface area contributed by atoms with E-state index in [9.17, 15) is 19.5 Å². The summed E-state index contributed by atoms with van der Waals surface area (Å²) in [4.78, 5) is 38.9. The molecule has 3 radical (unpaired) electrons. The molecule has 0 spiro atoms. The molecule has 1 N–H and O–H groups in total. The van der Waals surface area contributed by atoms with Gasteiger partial charge in [-0.2, -0.15) is 0 Å². The summed E-state index contributed by atoms with van der Waals surface area (Å²) in [6, 6.07) is 19.2. The predicted molar refractivity (Wildman–Crippen MR) is 171 cm³/mol. The van der Waals surface area contributed by atoms with Gasteiger partial charge in [-0.25, -0.2) is 9.59 Å². The summed E-state index contributed by atoms with van der Waals surface area (Å²) in [5.41, 5.74) is 1.95. The molecule has 3 heterocycles. The summed E-state index contributed by atoms with van der Waals surface area (Å²) in [7, 11) is 0. The average molecular weight is 632 g/mol. The van der Waals surface area contributed by atoms with Gasteiger partial charge in [-0.15, -0.1) is 0 Å². The third kappa shape index (κ3) is 15.7. The molecule has 2 amide bonds. The second-order valence-electron chi connectivity index (χ2n) is 11.4. The molecule has 0 bridgehead atoms. The Morgan fingerprint density at radius 3 is 1.80 bits per heavy atom. The normalized spacial score (nSPS) is 21.1. The number of amides is 2. The third-order valence-corrected chi connectivity index (χ3v) is 7.70. The minimum atomic E-state index is -0.328. The van der Waals surface area contributed by atoms with Crippen LogP contribution >= 0.6 is 0 Å². The number of nitrogens with zero attached hydrogens (tertiary/aromatic N) is 2. The molecule has 2 aromatic carbocycles. The van der Waals surface area contributed by atoms with Crippen LogP contribution in [0.15, 0.2) is 60.7 Å². The van der Waals surface area contributed by atoms with Crippen LogP contribution in [0.3, 0.4) is 0 Å². The Morgan fingerprint density at radius 1 is 0.822 bits per heavy atom. The maximum atomic E-state index is 12.1. The molecular weight excluding hydrogens is 582 g/mol. The molecule has 0 aromatic heterocycles. The van der Waals surface area contributed by atoms with Gasteiger partial charge in [-0.1, -0.05) is 60.7 Å². The van der Waals surface area contributed by atoms with Gasteiger partial charge in [0.2, 0.25) is 0 Å². The minimum absolute atomic E-state index is 0. The standard InChI is InChI=1S/C15H21NO3.C15H19NO3.C4H8O.B.Na.H/c2*1-12-10-14(17)8-5-9-16(12)15(18)19-11-13-6-3-2-4-7-13;1-2-4-5-3-1;;;/h2-4,6-7,12,14,17H,5,8-11H2,1H3;2-4,6-7,12H,5,8-11H2,1H3;1-4H2;;;/q;;;;+1;-1. The van der Waals surface area contributed by atoms with Crippen molar-refractivity contribution in [3.05, 3.63) is 71.8 Å². The molecule has 3 unspecified atom stereocenters. The van der Waals surface area contributed by atoms with Gasteiger partial charge in [-0.3, -0.25) is 4.79 Å². The smallest absolute Gasteiger partial charge is 1.00 e. The van der Waals surface area contributed by atoms with E-state index in [0.717, 1.165) is 43.6 Å². The van der Waals surface area contributed by atoms with E-state index in [-0.39, 0.29) is 82.2 Å². The maximum absolute atomic E-state index is 12.1. The fourth-order valence-electron chi connectivity index (χ4n) is 5.22. The Balaban J connectivity index is 0.000000722. The number of ether oxygens (including phenoxy) is 3. The number of ketones is 1. The monoisotopic (exact) mass is 631 g/mol. The van der Waals surface area contributed by atoms with Crippen LogP contribution in [-0.2, 0) is 32.2 Å². The van der Waals surface area contributed by atoms with Crippen molar-refractivity contribution < 1.29 is 64.7 Å². The van der Waals surface area contributed by atoms with Gasteiger partial charge in [0.25, 0.3) is 0 Å². The van der Waals surface area contributed by atoms with Gasteiger partial charge < -0.3 is 30.5 Å². The van der Waals surface area contributed by atoms with Crippen LogP contribution in [0.2, 0.25) is 0 Å². The van der Waals surface area contributed by atoms with Crippen LogP contribution in [0.4, 0.5) is 9.59 Å². The van der Waals surface area contributed by atoms with Crippen molar-refractivity contribution in [1.29, 1.82) is 0 Å². The molecule has 3 aliphatic rings. The number of hydrogen-bond donors (Lipinski definition) is 1. The van der Waals surface area contributed by atoms with E-state index in [0.29, 0.717) is 39.0 Å². The van der Waals surface area contributed by atoms with Crippen molar-refractivity contribution in [2.75, 3.05) is 26.3 Å². The molecule has 11 heteroatoms. The summed E-state index contributed by atoms with van der Waals surface area (Å²) in [5.74, 6) is 0.228. The van der Waals surface area contributed by atoms with Gasteiger partial charge in [0, 0.05) is 59.6 Å². The second-order valence-corrected chi connectivity index (χ2v) is 11.4. The van der Waals surface area contributed by atoms with Gasteiger partial charge in [-0.05, 0) is 63.5 Å². The van der Waals surface area contributed by atoms with Gasteiger partial charge in [0.05, 0.1) is 6.10 Å². The van der Waals surface area contributed by atoms with Crippen molar-refractivity contribution in [2.24, 2.45) is 0 Å². The Labute approximate surface area is 294 Å². The molecule has 45 heavy (non-hydrogen) atoms. The number of benzene rings is 2. The molecule has 2 aromatic rings. The van der Waals surface area contributed by atoms with Crippen molar-refractivity contribution in [1.82, 2.24) is 9.80 Å². The zero-order chi connectivity index (χ0) is 30.9. The molecule has 3 atom stereocenters. The number of hydrogen-bond acceptors (Lipinski definition) is 7. The van der Waals surface area contributed by atoms with Crippen molar-refractivity contribution in [3.8, 4) is 0 Å². The fraction of sp³-hybridized carbons (Fsp3) is 0.559. The Morgan fingerprint density at radius 2 is 1.31 bits per heavy atom. The largest absolute Gasteiger partial charge is 1.00 e. The summed E-state index contributed by atoms with van der Waals surface area (Å²) in [6.45, 7) is 7.68. The molecule has 241 valence electrons. The molecule has 3 aliphatic heterocycles. The van der Waals surface area contributed by atoms with E-state index in [4.69, 9.17) is 14.2 Å². The number of carbonyl (C=O) groups is 3. The summed E-state index contributed by atoms with van der Waals surface area (Å²) >= 11 is 0. The number of aliphatic hydroxyl groups is 1. The zero-order valence-corrected chi connectivity index (χ0v) is 29.3. The van der Waals surface area contributed by atoms with E-state index < -0.39 is 0 Å². The van der Waals surface area contributed by atoms with Crippen LogP contribution < -0.4 is 29.6 Å². The van der Waals surface area contributed by atoms with Crippen molar-refractivity contribution in [3.63, 3.8) is 0 Å². The van der Waals surface area contributed by atoms with Crippen LogP contribution in [0, 0.1) is 0 Å². The molecule has 9 nitrogen and oxygen atoms in total. The zero-order valence-electron chi connectivity index (χ0n) is 28.3. The van der Waals surface area contributed by atoms with Crippen LogP contribution in [0.1, 0.15) is 77.8 Å². The van der Waals surface area contributed by atoms with Crippen LogP contribution in [0.5, 0.6) is 0 Å². The molecule has 3 saturated heterocycles. The van der Waals surface area contributed by atoms with E-state index in [1.807, 2.05) is 74.5 Å². The molecule has 0 saturated carbocycles. The molecule has 3 fully saturated rings. The van der Waals surface area contributed by atoms with Gasteiger partial charge >= 0.3 is 41.7 Å².